The fourth-order valence-corrected chi connectivity index (χ4v) is 5.47. The Kier molecular flexibility index (Phi) is 4.65. The quantitative estimate of drug-likeness (QED) is 0.839. The molecular weight excluding hydrogens is 394 g/mol. The van der Waals surface area contributed by atoms with E-state index in [1.54, 1.807) is 6.07 Å². The minimum Gasteiger partial charge on any atom is -0.377 e. The molecule has 0 spiro atoms. The van der Waals surface area contributed by atoms with Gasteiger partial charge in [0.05, 0.1) is 9.89 Å². The van der Waals surface area contributed by atoms with Crippen molar-refractivity contribution in [2.75, 3.05) is 13.2 Å². The highest BCUT2D eigenvalue weighted by Gasteiger charge is 2.22. The molecule has 2 heterocycles. The van der Waals surface area contributed by atoms with E-state index in [-0.39, 0.29) is 6.10 Å². The Bertz CT molecular complexity index is 475. The van der Waals surface area contributed by atoms with Crippen molar-refractivity contribution in [3.05, 3.63) is 14.3 Å². The lowest BCUT2D eigenvalue weighted by Gasteiger charge is -2.10. The van der Waals surface area contributed by atoms with Crippen LogP contribution in [0, 0.1) is 0 Å². The molecule has 96 valence electrons. The Balaban J connectivity index is 2.03. The second-order valence-corrected chi connectivity index (χ2v) is 8.89. The molecule has 1 N–H and O–H groups in total. The van der Waals surface area contributed by atoms with Crippen LogP contribution in [0.1, 0.15) is 12.8 Å². The standard InChI is InChI=1S/C9H11Br2NO3S2/c10-7-4-8(16-9(7)11)17(13,14)12-5-6-2-1-3-15-6/h4,6,12H,1-3,5H2/t6-/m0/s1. The molecule has 0 aliphatic carbocycles. The summed E-state index contributed by atoms with van der Waals surface area (Å²) >= 11 is 7.74. The van der Waals surface area contributed by atoms with Crippen LogP contribution in [0.15, 0.2) is 18.5 Å². The lowest BCUT2D eigenvalue weighted by Crippen LogP contribution is -2.31. The van der Waals surface area contributed by atoms with Crippen molar-refractivity contribution >= 4 is 53.2 Å². The Hall–Kier alpha value is 0.530. The first-order valence-corrected chi connectivity index (χ1v) is 8.94. The van der Waals surface area contributed by atoms with Crippen molar-refractivity contribution in [1.29, 1.82) is 0 Å². The molecule has 2 rings (SSSR count). The molecule has 1 aliphatic heterocycles. The van der Waals surface area contributed by atoms with Crippen LogP contribution in [0.4, 0.5) is 0 Å². The lowest BCUT2D eigenvalue weighted by atomic mass is 10.2. The summed E-state index contributed by atoms with van der Waals surface area (Å²) in [6, 6.07) is 1.59. The van der Waals surface area contributed by atoms with E-state index in [9.17, 15) is 8.42 Å². The normalized spacial score (nSPS) is 20.9. The molecule has 1 aromatic rings. The Morgan fingerprint density at radius 1 is 1.53 bits per heavy atom. The monoisotopic (exact) mass is 403 g/mol. The van der Waals surface area contributed by atoms with Gasteiger partial charge in [-0.15, -0.1) is 11.3 Å². The van der Waals surface area contributed by atoms with E-state index in [0.717, 1.165) is 27.7 Å². The number of halogens is 2. The van der Waals surface area contributed by atoms with Crippen LogP contribution in [0.25, 0.3) is 0 Å². The number of nitrogens with one attached hydrogen (secondary N) is 1. The fraction of sp³-hybridized carbons (Fsp3) is 0.556. The summed E-state index contributed by atoms with van der Waals surface area (Å²) in [4.78, 5) is 0. The Labute approximate surface area is 121 Å². The summed E-state index contributed by atoms with van der Waals surface area (Å²) in [5, 5.41) is 0. The molecule has 0 radical (unpaired) electrons. The molecule has 1 fully saturated rings. The van der Waals surface area contributed by atoms with Gasteiger partial charge in [-0.25, -0.2) is 13.1 Å². The smallest absolute Gasteiger partial charge is 0.250 e. The minimum absolute atomic E-state index is 0.0108. The second-order valence-electron chi connectivity index (χ2n) is 3.67. The van der Waals surface area contributed by atoms with Gasteiger partial charge in [-0.05, 0) is 50.8 Å². The summed E-state index contributed by atoms with van der Waals surface area (Å²) in [5.41, 5.74) is 0. The topological polar surface area (TPSA) is 55.4 Å². The molecule has 4 nitrogen and oxygen atoms in total. The molecule has 1 atom stereocenters. The average molecular weight is 405 g/mol. The lowest BCUT2D eigenvalue weighted by molar-refractivity contribution is 0.114. The van der Waals surface area contributed by atoms with Crippen LogP contribution in [0.2, 0.25) is 0 Å². The maximum Gasteiger partial charge on any atom is 0.250 e. The van der Waals surface area contributed by atoms with Gasteiger partial charge in [0.2, 0.25) is 10.0 Å². The first kappa shape index (κ1) is 14.0. The zero-order valence-electron chi connectivity index (χ0n) is 8.78. The molecule has 17 heavy (non-hydrogen) atoms. The van der Waals surface area contributed by atoms with Crippen molar-refractivity contribution in [2.24, 2.45) is 0 Å². The summed E-state index contributed by atoms with van der Waals surface area (Å²) in [7, 11) is -3.42. The van der Waals surface area contributed by atoms with Gasteiger partial charge in [-0.3, -0.25) is 0 Å². The average Bonchev–Trinajstić information content (AvgIpc) is 2.87. The van der Waals surface area contributed by atoms with Crippen LogP contribution in [0.5, 0.6) is 0 Å². The van der Waals surface area contributed by atoms with Crippen molar-refractivity contribution in [1.82, 2.24) is 4.72 Å². The van der Waals surface area contributed by atoms with E-state index in [1.165, 1.54) is 11.3 Å². The van der Waals surface area contributed by atoms with E-state index in [4.69, 9.17) is 4.74 Å². The number of hydrogen-bond donors (Lipinski definition) is 1. The summed E-state index contributed by atoms with van der Waals surface area (Å²) in [5.74, 6) is 0. The molecule has 0 aromatic carbocycles. The van der Waals surface area contributed by atoms with Crippen LogP contribution in [-0.2, 0) is 14.8 Å². The minimum atomic E-state index is -3.42. The van der Waals surface area contributed by atoms with Gasteiger partial charge < -0.3 is 4.74 Å². The highest BCUT2D eigenvalue weighted by atomic mass is 79.9. The molecule has 1 aromatic heterocycles. The molecule has 1 saturated heterocycles. The molecule has 1 aliphatic rings. The highest BCUT2D eigenvalue weighted by Crippen LogP contribution is 2.34. The largest absolute Gasteiger partial charge is 0.377 e. The van der Waals surface area contributed by atoms with Crippen molar-refractivity contribution in [2.45, 2.75) is 23.2 Å². The maximum absolute atomic E-state index is 12.0. The SMILES string of the molecule is O=S(=O)(NC[C@@H]1CCCO1)c1cc(Br)c(Br)s1. The van der Waals surface area contributed by atoms with Gasteiger partial charge in [0.1, 0.15) is 4.21 Å². The first-order valence-electron chi connectivity index (χ1n) is 5.05. The predicted octanol–water partition coefficient (Wildman–Crippen LogP) is 2.73. The van der Waals surface area contributed by atoms with Crippen LogP contribution in [0.3, 0.4) is 0 Å². The number of sulfonamides is 1. The molecule has 8 heteroatoms. The third kappa shape index (κ3) is 3.51. The molecule has 0 unspecified atom stereocenters. The Morgan fingerprint density at radius 3 is 2.82 bits per heavy atom. The van der Waals surface area contributed by atoms with E-state index in [0.29, 0.717) is 10.8 Å². The van der Waals surface area contributed by atoms with Gasteiger partial charge in [-0.1, -0.05) is 0 Å². The van der Waals surface area contributed by atoms with Gasteiger partial charge in [-0.2, -0.15) is 0 Å². The first-order chi connectivity index (χ1) is 7.99. The zero-order chi connectivity index (χ0) is 12.5. The Morgan fingerprint density at radius 2 is 2.29 bits per heavy atom. The van der Waals surface area contributed by atoms with Gasteiger partial charge >= 0.3 is 0 Å². The van der Waals surface area contributed by atoms with E-state index in [2.05, 4.69) is 36.6 Å². The van der Waals surface area contributed by atoms with Crippen molar-refractivity contribution < 1.29 is 13.2 Å². The number of ether oxygens (including phenoxy) is 1. The van der Waals surface area contributed by atoms with Crippen molar-refractivity contribution in [3.63, 3.8) is 0 Å². The molecule has 0 bridgehead atoms. The zero-order valence-corrected chi connectivity index (χ0v) is 13.6. The van der Waals surface area contributed by atoms with Crippen LogP contribution >= 0.6 is 43.2 Å². The third-order valence-corrected chi connectivity index (χ3v) is 7.57. The van der Waals surface area contributed by atoms with Crippen LogP contribution < -0.4 is 4.72 Å². The van der Waals surface area contributed by atoms with Crippen LogP contribution in [-0.4, -0.2) is 27.7 Å². The number of hydrogen-bond acceptors (Lipinski definition) is 4. The second kappa shape index (κ2) is 5.66. The summed E-state index contributed by atoms with van der Waals surface area (Å²) in [6.07, 6.45) is 1.93. The number of rotatable bonds is 4. The third-order valence-electron chi connectivity index (χ3n) is 2.41. The van der Waals surface area contributed by atoms with Crippen molar-refractivity contribution in [3.8, 4) is 0 Å². The molecular formula is C9H11Br2NO3S2. The summed E-state index contributed by atoms with van der Waals surface area (Å²) in [6.45, 7) is 1.07. The molecule has 0 saturated carbocycles. The molecule has 0 amide bonds. The van der Waals surface area contributed by atoms with Gasteiger partial charge in [0, 0.05) is 17.6 Å². The predicted molar refractivity (Wildman–Crippen MR) is 73.9 cm³/mol. The van der Waals surface area contributed by atoms with E-state index < -0.39 is 10.0 Å². The van der Waals surface area contributed by atoms with E-state index in [1.807, 2.05) is 0 Å². The maximum atomic E-state index is 12.0. The van der Waals surface area contributed by atoms with Gasteiger partial charge in [0.15, 0.2) is 0 Å². The summed E-state index contributed by atoms with van der Waals surface area (Å²) < 4.78 is 33.7. The highest BCUT2D eigenvalue weighted by molar-refractivity contribution is 9.13. The number of thiophene rings is 1. The van der Waals surface area contributed by atoms with Gasteiger partial charge in [0.25, 0.3) is 0 Å². The fourth-order valence-electron chi connectivity index (χ4n) is 1.54. The van der Waals surface area contributed by atoms with E-state index >= 15 is 0 Å².